The predicted octanol–water partition coefficient (Wildman–Crippen LogP) is 2.70. The van der Waals surface area contributed by atoms with Gasteiger partial charge >= 0.3 is 0 Å². The zero-order valence-corrected chi connectivity index (χ0v) is 17.5. The molecular formula is C23H23NO5S. The van der Waals surface area contributed by atoms with E-state index in [1.54, 1.807) is 0 Å². The molecule has 1 fully saturated rings. The summed E-state index contributed by atoms with van der Waals surface area (Å²) in [7, 11) is -3.91. The highest BCUT2D eigenvalue weighted by Gasteiger charge is 2.44. The molecule has 156 valence electrons. The van der Waals surface area contributed by atoms with Gasteiger partial charge in [-0.05, 0) is 79.2 Å². The molecule has 3 aliphatic rings. The van der Waals surface area contributed by atoms with Crippen LogP contribution in [0.15, 0.2) is 21.8 Å². The highest BCUT2D eigenvalue weighted by Crippen LogP contribution is 2.46. The van der Waals surface area contributed by atoms with E-state index in [4.69, 9.17) is 4.42 Å². The van der Waals surface area contributed by atoms with E-state index in [1.807, 2.05) is 0 Å². The van der Waals surface area contributed by atoms with Gasteiger partial charge in [-0.2, -0.15) is 5.26 Å². The van der Waals surface area contributed by atoms with Crippen molar-refractivity contribution in [2.75, 3.05) is 5.75 Å². The summed E-state index contributed by atoms with van der Waals surface area (Å²) in [5.41, 5.74) is 5.54. The van der Waals surface area contributed by atoms with Gasteiger partial charge < -0.3 is 9.52 Å². The van der Waals surface area contributed by atoms with Gasteiger partial charge in [0.1, 0.15) is 5.75 Å². The molecule has 0 saturated heterocycles. The number of hydrogen-bond donors (Lipinski definition) is 1. The zero-order chi connectivity index (χ0) is 21.1. The molecule has 1 saturated carbocycles. The Balaban J connectivity index is 1.41. The molecule has 3 aliphatic carbocycles. The van der Waals surface area contributed by atoms with Crippen LogP contribution in [0, 0.1) is 11.3 Å². The Morgan fingerprint density at radius 1 is 1.10 bits per heavy atom. The number of benzene rings is 1. The van der Waals surface area contributed by atoms with Gasteiger partial charge in [-0.15, -0.1) is 0 Å². The second kappa shape index (κ2) is 6.79. The van der Waals surface area contributed by atoms with Crippen LogP contribution in [0.4, 0.5) is 0 Å². The second-order valence-corrected chi connectivity index (χ2v) is 10.7. The van der Waals surface area contributed by atoms with Gasteiger partial charge in [-0.3, -0.25) is 4.79 Å². The Kier molecular flexibility index (Phi) is 4.42. The third kappa shape index (κ3) is 3.10. The molecule has 1 aromatic carbocycles. The van der Waals surface area contributed by atoms with Gasteiger partial charge in [0, 0.05) is 18.1 Å². The minimum absolute atomic E-state index is 0.0765. The van der Waals surface area contributed by atoms with Crippen LogP contribution in [-0.2, 0) is 52.3 Å². The van der Waals surface area contributed by atoms with Crippen molar-refractivity contribution in [2.24, 2.45) is 0 Å². The third-order valence-electron chi connectivity index (χ3n) is 6.75. The van der Waals surface area contributed by atoms with E-state index in [1.165, 1.54) is 12.3 Å². The van der Waals surface area contributed by atoms with Gasteiger partial charge in [-0.25, -0.2) is 8.42 Å². The Bertz CT molecular complexity index is 1180. The van der Waals surface area contributed by atoms with E-state index in [0.717, 1.165) is 71.9 Å². The fourth-order valence-electron chi connectivity index (χ4n) is 5.08. The van der Waals surface area contributed by atoms with Gasteiger partial charge in [-0.1, -0.05) is 0 Å². The first-order valence-electron chi connectivity index (χ1n) is 10.5. The maximum atomic E-state index is 12.8. The summed E-state index contributed by atoms with van der Waals surface area (Å²) in [5, 5.41) is 19.5. The zero-order valence-electron chi connectivity index (χ0n) is 16.7. The summed E-state index contributed by atoms with van der Waals surface area (Å²) in [6, 6.07) is 3.71. The Morgan fingerprint density at radius 3 is 2.27 bits per heavy atom. The van der Waals surface area contributed by atoms with Gasteiger partial charge in [0.05, 0.1) is 23.5 Å². The molecule has 6 nitrogen and oxygen atoms in total. The van der Waals surface area contributed by atoms with Crippen molar-refractivity contribution in [1.29, 1.82) is 5.26 Å². The number of furan rings is 1. The van der Waals surface area contributed by atoms with Crippen LogP contribution in [0.1, 0.15) is 64.6 Å². The van der Waals surface area contributed by atoms with E-state index >= 15 is 0 Å². The summed E-state index contributed by atoms with van der Waals surface area (Å²) in [4.78, 5) is 12.8. The average Bonchev–Trinajstić information content (AvgIpc) is 3.19. The van der Waals surface area contributed by atoms with Crippen molar-refractivity contribution < 1.29 is 22.7 Å². The number of carbonyl (C=O) groups is 1. The predicted molar refractivity (Wildman–Crippen MR) is 108 cm³/mol. The van der Waals surface area contributed by atoms with Crippen LogP contribution < -0.4 is 0 Å². The number of Topliss-reactive ketones (excluding diaryl/α,β-unsaturated/α-hetero) is 1. The topological polar surface area (TPSA) is 108 Å². The average molecular weight is 426 g/mol. The first-order chi connectivity index (χ1) is 14.3. The molecule has 2 aromatic rings. The number of rotatable bonds is 6. The van der Waals surface area contributed by atoms with Crippen molar-refractivity contribution >= 4 is 15.6 Å². The number of fused-ring (bicyclic) bond motifs is 2. The molecule has 0 atom stereocenters. The van der Waals surface area contributed by atoms with Crippen molar-refractivity contribution in [2.45, 2.75) is 68.5 Å². The van der Waals surface area contributed by atoms with Crippen molar-refractivity contribution in [3.63, 3.8) is 0 Å². The molecule has 1 aromatic heterocycles. The van der Waals surface area contributed by atoms with Crippen molar-refractivity contribution in [3.05, 3.63) is 51.3 Å². The van der Waals surface area contributed by atoms with Crippen LogP contribution in [-0.4, -0.2) is 25.1 Å². The van der Waals surface area contributed by atoms with Crippen LogP contribution in [0.2, 0.25) is 0 Å². The standard InChI is InChI=1S/C23H23NO5S/c24-11-21-18-5-1-3-16(18)20(17-4-2-6-19(17)21)10-15(25)13-30(27,28)22-9-14(12-29-22)23(26)7-8-23/h9,12,26H,1-8,10,13H2. The van der Waals surface area contributed by atoms with Crippen molar-refractivity contribution in [1.82, 2.24) is 0 Å². The van der Waals surface area contributed by atoms with Crippen LogP contribution >= 0.6 is 0 Å². The molecule has 1 heterocycles. The highest BCUT2D eigenvalue weighted by atomic mass is 32.2. The SMILES string of the molecule is N#Cc1c2c(c(CC(=O)CS(=O)(=O)c3cc(C4(O)CC4)co3)c3c1CCC3)CCC2. The Morgan fingerprint density at radius 2 is 1.70 bits per heavy atom. The molecule has 0 radical (unpaired) electrons. The number of carbonyl (C=O) groups excluding carboxylic acids is 1. The maximum Gasteiger partial charge on any atom is 0.218 e. The summed E-state index contributed by atoms with van der Waals surface area (Å²) in [5.74, 6) is -0.993. The number of nitrogens with zero attached hydrogens (tertiary/aromatic N) is 1. The molecular weight excluding hydrogens is 402 g/mol. The molecule has 0 bridgehead atoms. The summed E-state index contributed by atoms with van der Waals surface area (Å²) < 4.78 is 30.6. The fourth-order valence-corrected chi connectivity index (χ4v) is 6.25. The smallest absolute Gasteiger partial charge is 0.218 e. The van der Waals surface area contributed by atoms with E-state index in [2.05, 4.69) is 6.07 Å². The largest absolute Gasteiger partial charge is 0.453 e. The van der Waals surface area contributed by atoms with Crippen LogP contribution in [0.5, 0.6) is 0 Å². The molecule has 5 rings (SSSR count). The minimum Gasteiger partial charge on any atom is -0.453 e. The molecule has 0 spiro atoms. The normalized spacial score (nSPS) is 18.7. The van der Waals surface area contributed by atoms with E-state index < -0.39 is 21.2 Å². The molecule has 0 aliphatic heterocycles. The fraction of sp³-hybridized carbons (Fsp3) is 0.478. The van der Waals surface area contributed by atoms with Crippen LogP contribution in [0.25, 0.3) is 0 Å². The number of aliphatic hydroxyl groups is 1. The van der Waals surface area contributed by atoms with Crippen LogP contribution in [0.3, 0.4) is 0 Å². The van der Waals surface area contributed by atoms with Gasteiger partial charge in [0.15, 0.2) is 5.78 Å². The minimum atomic E-state index is -3.91. The number of sulfone groups is 1. The lowest BCUT2D eigenvalue weighted by atomic mass is 9.87. The van der Waals surface area contributed by atoms with E-state index in [0.29, 0.717) is 18.4 Å². The van der Waals surface area contributed by atoms with Crippen molar-refractivity contribution in [3.8, 4) is 6.07 Å². The first kappa shape index (κ1) is 19.5. The number of ketones is 1. The maximum absolute atomic E-state index is 12.8. The summed E-state index contributed by atoms with van der Waals surface area (Å²) in [6.07, 6.45) is 7.82. The molecule has 0 amide bonds. The monoisotopic (exact) mass is 425 g/mol. The number of hydrogen-bond acceptors (Lipinski definition) is 6. The van der Waals surface area contributed by atoms with Gasteiger partial charge in [0.25, 0.3) is 0 Å². The lowest BCUT2D eigenvalue weighted by Gasteiger charge is -2.16. The molecule has 0 unspecified atom stereocenters. The summed E-state index contributed by atoms with van der Waals surface area (Å²) in [6.45, 7) is 0. The van der Waals surface area contributed by atoms with E-state index in [-0.39, 0.29) is 17.3 Å². The van der Waals surface area contributed by atoms with E-state index in [9.17, 15) is 23.6 Å². The molecule has 1 N–H and O–H groups in total. The number of nitriles is 1. The van der Waals surface area contributed by atoms with Gasteiger partial charge in [0.2, 0.25) is 14.9 Å². The quantitative estimate of drug-likeness (QED) is 0.762. The lowest BCUT2D eigenvalue weighted by molar-refractivity contribution is -0.116. The summed E-state index contributed by atoms with van der Waals surface area (Å²) >= 11 is 0. The Labute approximate surface area is 175 Å². The first-order valence-corrected chi connectivity index (χ1v) is 12.1. The molecule has 7 heteroatoms. The highest BCUT2D eigenvalue weighted by molar-refractivity contribution is 7.92. The Hall–Kier alpha value is -2.43. The lowest BCUT2D eigenvalue weighted by Crippen LogP contribution is -2.19. The second-order valence-electron chi connectivity index (χ2n) is 8.75. The third-order valence-corrected chi connectivity index (χ3v) is 8.28. The molecule has 30 heavy (non-hydrogen) atoms.